The Morgan fingerprint density at radius 3 is 0.842 bits per heavy atom. The van der Waals surface area contributed by atoms with Gasteiger partial charge < -0.3 is 37.9 Å². The van der Waals surface area contributed by atoms with Crippen LogP contribution in [0, 0.1) is 28.6 Å². The summed E-state index contributed by atoms with van der Waals surface area (Å²) >= 11 is 0. The highest BCUT2D eigenvalue weighted by Gasteiger charge is 2.32. The maximum Gasteiger partial charge on any atom is 0.0700 e. The van der Waals surface area contributed by atoms with E-state index in [1.54, 1.807) is 0 Å². The van der Waals surface area contributed by atoms with E-state index >= 15 is 0 Å². The van der Waals surface area contributed by atoms with Crippen LogP contribution in [-0.2, 0) is 37.9 Å². The van der Waals surface area contributed by atoms with Crippen molar-refractivity contribution in [3.63, 3.8) is 0 Å². The fraction of sp³-hybridized carbons (Fsp3) is 1.00. The van der Waals surface area contributed by atoms with Gasteiger partial charge in [-0.2, -0.15) is 0 Å². The zero-order valence-electron chi connectivity index (χ0n) is 26.3. The van der Waals surface area contributed by atoms with Gasteiger partial charge in [0.2, 0.25) is 0 Å². The van der Waals surface area contributed by atoms with Crippen LogP contribution in [-0.4, -0.2) is 106 Å². The molecule has 0 heterocycles. The first-order chi connectivity index (χ1) is 18.0. The first-order valence-electron chi connectivity index (χ1n) is 14.6. The van der Waals surface area contributed by atoms with Crippen LogP contribution in [0.2, 0.25) is 0 Å². The van der Waals surface area contributed by atoms with Crippen molar-refractivity contribution in [2.24, 2.45) is 28.6 Å². The summed E-state index contributed by atoms with van der Waals surface area (Å²) in [6.07, 6.45) is 0. The highest BCUT2D eigenvalue weighted by molar-refractivity contribution is 4.79. The van der Waals surface area contributed by atoms with Crippen molar-refractivity contribution in [2.45, 2.75) is 62.3 Å². The quantitative estimate of drug-likeness (QED) is 0.131. The maximum atomic E-state index is 6.08. The molecule has 0 aliphatic carbocycles. The predicted molar refractivity (Wildman–Crippen MR) is 153 cm³/mol. The summed E-state index contributed by atoms with van der Waals surface area (Å²) < 4.78 is 47.1. The number of hydrogen-bond donors (Lipinski definition) is 0. The van der Waals surface area contributed by atoms with E-state index in [0.29, 0.717) is 104 Å². The Morgan fingerprint density at radius 2 is 0.605 bits per heavy atom. The molecule has 0 spiro atoms. The van der Waals surface area contributed by atoms with Gasteiger partial charge in [-0.05, 0) is 23.2 Å². The smallest absolute Gasteiger partial charge is 0.0700 e. The molecule has 230 valence electrons. The van der Waals surface area contributed by atoms with Gasteiger partial charge in [0.05, 0.1) is 91.3 Å². The minimum atomic E-state index is -0.460. The van der Waals surface area contributed by atoms with E-state index in [1.165, 1.54) is 0 Å². The molecule has 38 heavy (non-hydrogen) atoms. The highest BCUT2D eigenvalue weighted by Crippen LogP contribution is 2.21. The molecule has 0 unspecified atom stereocenters. The van der Waals surface area contributed by atoms with E-state index in [9.17, 15) is 0 Å². The van der Waals surface area contributed by atoms with Gasteiger partial charge in [-0.3, -0.25) is 0 Å². The molecule has 0 rings (SSSR count). The molecule has 0 amide bonds. The Balaban J connectivity index is 4.94. The minimum Gasteiger partial charge on any atom is -0.379 e. The fourth-order valence-electron chi connectivity index (χ4n) is 3.21. The molecule has 0 aliphatic heterocycles. The number of rotatable bonds is 27. The molecule has 0 aromatic heterocycles. The SMILES string of the molecule is CC(C)COCCOCC(COCCOCC(C)C)(COCCOCC(C)C)COCCOCC(C)(C)C. The average Bonchev–Trinajstić information content (AvgIpc) is 2.81. The van der Waals surface area contributed by atoms with Crippen LogP contribution in [0.25, 0.3) is 0 Å². The van der Waals surface area contributed by atoms with Crippen LogP contribution >= 0.6 is 0 Å². The zero-order valence-corrected chi connectivity index (χ0v) is 26.3. The molecule has 0 bridgehead atoms. The topological polar surface area (TPSA) is 73.8 Å². The molecule has 0 radical (unpaired) electrons. The van der Waals surface area contributed by atoms with Crippen molar-refractivity contribution in [3.8, 4) is 0 Å². The lowest BCUT2D eigenvalue weighted by Crippen LogP contribution is -2.43. The van der Waals surface area contributed by atoms with Crippen LogP contribution in [0.5, 0.6) is 0 Å². The van der Waals surface area contributed by atoms with Crippen LogP contribution in [0.1, 0.15) is 62.3 Å². The maximum absolute atomic E-state index is 6.08. The summed E-state index contributed by atoms with van der Waals surface area (Å²) in [6, 6.07) is 0. The molecule has 0 aromatic carbocycles. The van der Waals surface area contributed by atoms with Gasteiger partial charge in [-0.25, -0.2) is 0 Å². The van der Waals surface area contributed by atoms with Gasteiger partial charge in [0.25, 0.3) is 0 Å². The van der Waals surface area contributed by atoms with Crippen molar-refractivity contribution >= 4 is 0 Å². The molecule has 8 nitrogen and oxygen atoms in total. The summed E-state index contributed by atoms with van der Waals surface area (Å²) in [5.74, 6) is 1.50. The Labute approximate surface area is 234 Å². The zero-order chi connectivity index (χ0) is 28.7. The normalized spacial score (nSPS) is 12.9. The van der Waals surface area contributed by atoms with Crippen LogP contribution in [0.3, 0.4) is 0 Å². The summed E-state index contributed by atoms with van der Waals surface area (Å²) in [4.78, 5) is 0. The first-order valence-corrected chi connectivity index (χ1v) is 14.6. The molecule has 0 N–H and O–H groups in total. The van der Waals surface area contributed by atoms with Gasteiger partial charge in [-0.15, -0.1) is 0 Å². The van der Waals surface area contributed by atoms with Crippen LogP contribution in [0.4, 0.5) is 0 Å². The fourth-order valence-corrected chi connectivity index (χ4v) is 3.21. The van der Waals surface area contributed by atoms with E-state index in [0.717, 1.165) is 19.8 Å². The number of ether oxygens (including phenoxy) is 8. The van der Waals surface area contributed by atoms with E-state index < -0.39 is 5.41 Å². The molecule has 0 fully saturated rings. The predicted octanol–water partition coefficient (Wildman–Crippen LogP) is 5.12. The third-order valence-corrected chi connectivity index (χ3v) is 5.01. The van der Waals surface area contributed by atoms with Crippen molar-refractivity contribution < 1.29 is 37.9 Å². The largest absolute Gasteiger partial charge is 0.379 e. The second kappa shape index (κ2) is 23.4. The molecular formula is C30H62O8. The molecule has 0 aromatic rings. The summed E-state index contributed by atoms with van der Waals surface area (Å²) in [5.41, 5.74) is -0.329. The third-order valence-electron chi connectivity index (χ3n) is 5.01. The third kappa shape index (κ3) is 25.9. The van der Waals surface area contributed by atoms with E-state index in [2.05, 4.69) is 62.3 Å². The van der Waals surface area contributed by atoms with E-state index in [1.807, 2.05) is 0 Å². The Kier molecular flexibility index (Phi) is 23.2. The van der Waals surface area contributed by atoms with Crippen molar-refractivity contribution in [3.05, 3.63) is 0 Å². The molecule has 0 aliphatic rings. The molecule has 8 heteroatoms. The standard InChI is InChI=1S/C30H62O8/c1-26(2)18-31-10-13-35-22-30(23-36-14-11-32-19-27(3)4,24-37-15-12-33-20-28(5)6)25-38-17-16-34-21-29(7,8)9/h26-28H,10-25H2,1-9H3. The summed E-state index contributed by atoms with van der Waals surface area (Å²) in [6.45, 7) is 28.2. The van der Waals surface area contributed by atoms with E-state index in [-0.39, 0.29) is 5.41 Å². The van der Waals surface area contributed by atoms with Crippen LogP contribution in [0.15, 0.2) is 0 Å². The van der Waals surface area contributed by atoms with Crippen molar-refractivity contribution in [1.29, 1.82) is 0 Å². The first kappa shape index (κ1) is 37.7. The van der Waals surface area contributed by atoms with Gasteiger partial charge in [0, 0.05) is 19.8 Å². The molecule has 0 saturated carbocycles. The van der Waals surface area contributed by atoms with Gasteiger partial charge in [0.1, 0.15) is 0 Å². The second-order valence-electron chi connectivity index (χ2n) is 12.7. The van der Waals surface area contributed by atoms with E-state index in [4.69, 9.17) is 37.9 Å². The lowest BCUT2D eigenvalue weighted by Gasteiger charge is -2.33. The van der Waals surface area contributed by atoms with Gasteiger partial charge >= 0.3 is 0 Å². The Hall–Kier alpha value is -0.320. The van der Waals surface area contributed by atoms with Gasteiger partial charge in [0.15, 0.2) is 0 Å². The molecule has 0 saturated heterocycles. The Morgan fingerprint density at radius 1 is 0.368 bits per heavy atom. The monoisotopic (exact) mass is 550 g/mol. The van der Waals surface area contributed by atoms with Gasteiger partial charge in [-0.1, -0.05) is 62.3 Å². The molecule has 0 atom stereocenters. The summed E-state index contributed by atoms with van der Waals surface area (Å²) in [7, 11) is 0. The lowest BCUT2D eigenvalue weighted by atomic mass is 9.92. The average molecular weight is 551 g/mol. The Bertz CT molecular complexity index is 455. The highest BCUT2D eigenvalue weighted by atomic mass is 16.6. The van der Waals surface area contributed by atoms with Crippen molar-refractivity contribution in [2.75, 3.05) is 106 Å². The minimum absolute atomic E-state index is 0.131. The summed E-state index contributed by atoms with van der Waals surface area (Å²) in [5, 5.41) is 0. The van der Waals surface area contributed by atoms with Crippen molar-refractivity contribution in [1.82, 2.24) is 0 Å². The lowest BCUT2D eigenvalue weighted by molar-refractivity contribution is -0.122. The molecular weight excluding hydrogens is 488 g/mol. The number of hydrogen-bond acceptors (Lipinski definition) is 8. The second-order valence-corrected chi connectivity index (χ2v) is 12.7. The van der Waals surface area contributed by atoms with Crippen LogP contribution < -0.4 is 0 Å².